The van der Waals surface area contributed by atoms with Gasteiger partial charge in [-0.1, -0.05) is 45.4 Å². The largest absolute Gasteiger partial charge is 0.481 e. The van der Waals surface area contributed by atoms with Gasteiger partial charge in [0.1, 0.15) is 0 Å². The van der Waals surface area contributed by atoms with Crippen molar-refractivity contribution in [1.82, 2.24) is 0 Å². The van der Waals surface area contributed by atoms with Crippen LogP contribution in [0.3, 0.4) is 0 Å². The van der Waals surface area contributed by atoms with Crippen molar-refractivity contribution in [3.63, 3.8) is 0 Å². The fraction of sp³-hybridized carbons (Fsp3) is 0.500. The first-order valence-corrected chi connectivity index (χ1v) is 6.06. The summed E-state index contributed by atoms with van der Waals surface area (Å²) in [6.45, 7) is 6.15. The van der Waals surface area contributed by atoms with Gasteiger partial charge in [0.2, 0.25) is 0 Å². The van der Waals surface area contributed by atoms with Crippen LogP contribution in [0.5, 0.6) is 0 Å². The Morgan fingerprint density at radius 1 is 1.35 bits per heavy atom. The molecule has 17 heavy (non-hydrogen) atoms. The Bertz CT molecular complexity index is 388. The molecule has 2 atom stereocenters. The molecule has 0 aromatic heterocycles. The number of carboxylic acids is 1. The quantitative estimate of drug-likeness (QED) is 0.771. The van der Waals surface area contributed by atoms with Gasteiger partial charge in [0.15, 0.2) is 0 Å². The van der Waals surface area contributed by atoms with E-state index in [1.165, 1.54) is 0 Å². The van der Waals surface area contributed by atoms with E-state index in [4.69, 9.17) is 5.73 Å². The molecule has 0 saturated carbocycles. The third-order valence-corrected chi connectivity index (χ3v) is 3.35. The van der Waals surface area contributed by atoms with Crippen molar-refractivity contribution < 1.29 is 9.90 Å². The highest BCUT2D eigenvalue weighted by molar-refractivity contribution is 5.79. The van der Waals surface area contributed by atoms with Crippen LogP contribution in [0.15, 0.2) is 24.3 Å². The molecule has 3 N–H and O–H groups in total. The van der Waals surface area contributed by atoms with Crippen molar-refractivity contribution in [1.29, 1.82) is 0 Å². The van der Waals surface area contributed by atoms with E-state index in [2.05, 4.69) is 13.8 Å². The Labute approximate surface area is 103 Å². The lowest BCUT2D eigenvalue weighted by molar-refractivity contribution is -0.140. The van der Waals surface area contributed by atoms with E-state index >= 15 is 0 Å². The van der Waals surface area contributed by atoms with Crippen molar-refractivity contribution in [2.45, 2.75) is 33.1 Å². The average Bonchev–Trinajstić information content (AvgIpc) is 2.26. The zero-order valence-electron chi connectivity index (χ0n) is 10.7. The SMILES string of the molecule is CCC(C(C)C)C(C(=O)O)c1ccccc1N. The molecule has 3 nitrogen and oxygen atoms in total. The van der Waals surface area contributed by atoms with Crippen LogP contribution >= 0.6 is 0 Å². The smallest absolute Gasteiger partial charge is 0.311 e. The predicted octanol–water partition coefficient (Wildman–Crippen LogP) is 3.12. The molecule has 0 aliphatic heterocycles. The minimum Gasteiger partial charge on any atom is -0.481 e. The maximum Gasteiger partial charge on any atom is 0.311 e. The second-order valence-corrected chi connectivity index (χ2v) is 4.76. The van der Waals surface area contributed by atoms with Crippen LogP contribution in [0.1, 0.15) is 38.7 Å². The summed E-state index contributed by atoms with van der Waals surface area (Å²) in [4.78, 5) is 11.5. The summed E-state index contributed by atoms with van der Waals surface area (Å²) >= 11 is 0. The minimum absolute atomic E-state index is 0.109. The summed E-state index contributed by atoms with van der Waals surface area (Å²) in [5, 5.41) is 9.45. The molecule has 3 heteroatoms. The van der Waals surface area contributed by atoms with E-state index in [0.717, 1.165) is 12.0 Å². The third kappa shape index (κ3) is 2.99. The molecule has 0 amide bonds. The van der Waals surface area contributed by atoms with Gasteiger partial charge in [0, 0.05) is 5.69 Å². The Balaban J connectivity index is 3.18. The van der Waals surface area contributed by atoms with Crippen LogP contribution in [-0.2, 0) is 4.79 Å². The molecular weight excluding hydrogens is 214 g/mol. The van der Waals surface area contributed by atoms with Crippen molar-refractivity contribution in [2.75, 3.05) is 5.73 Å². The lowest BCUT2D eigenvalue weighted by Gasteiger charge is -2.27. The van der Waals surface area contributed by atoms with Crippen LogP contribution in [-0.4, -0.2) is 11.1 Å². The summed E-state index contributed by atoms with van der Waals surface area (Å²) < 4.78 is 0. The molecular formula is C14H21NO2. The molecule has 2 unspecified atom stereocenters. The molecule has 94 valence electrons. The van der Waals surface area contributed by atoms with Gasteiger partial charge >= 0.3 is 5.97 Å². The highest BCUT2D eigenvalue weighted by atomic mass is 16.4. The Morgan fingerprint density at radius 2 is 1.94 bits per heavy atom. The van der Waals surface area contributed by atoms with Crippen molar-refractivity contribution >= 4 is 11.7 Å². The van der Waals surface area contributed by atoms with E-state index in [1.807, 2.05) is 25.1 Å². The van der Waals surface area contributed by atoms with Crippen LogP contribution < -0.4 is 5.73 Å². The van der Waals surface area contributed by atoms with Gasteiger partial charge in [-0.2, -0.15) is 0 Å². The van der Waals surface area contributed by atoms with Crippen molar-refractivity contribution in [2.24, 2.45) is 11.8 Å². The zero-order chi connectivity index (χ0) is 13.0. The summed E-state index contributed by atoms with van der Waals surface area (Å²) in [6, 6.07) is 7.25. The predicted molar refractivity (Wildman–Crippen MR) is 69.9 cm³/mol. The van der Waals surface area contributed by atoms with Gasteiger partial charge in [-0.15, -0.1) is 0 Å². The Morgan fingerprint density at radius 3 is 2.35 bits per heavy atom. The van der Waals surface area contributed by atoms with Gasteiger partial charge in [-0.05, 0) is 23.5 Å². The molecule has 0 aliphatic rings. The summed E-state index contributed by atoms with van der Waals surface area (Å²) in [6.07, 6.45) is 0.836. The Hall–Kier alpha value is -1.51. The van der Waals surface area contributed by atoms with Gasteiger partial charge in [-0.3, -0.25) is 4.79 Å². The number of nitrogens with two attached hydrogens (primary N) is 1. The second-order valence-electron chi connectivity index (χ2n) is 4.76. The molecule has 1 aromatic carbocycles. The molecule has 0 aliphatic carbocycles. The van der Waals surface area contributed by atoms with Gasteiger partial charge in [-0.25, -0.2) is 0 Å². The lowest BCUT2D eigenvalue weighted by atomic mass is 9.77. The molecule has 1 rings (SSSR count). The average molecular weight is 235 g/mol. The van der Waals surface area contributed by atoms with Crippen LogP contribution in [0, 0.1) is 11.8 Å². The topological polar surface area (TPSA) is 63.3 Å². The monoisotopic (exact) mass is 235 g/mol. The first kappa shape index (κ1) is 13.6. The highest BCUT2D eigenvalue weighted by Crippen LogP contribution is 2.35. The number of carbonyl (C=O) groups is 1. The maximum absolute atomic E-state index is 11.5. The molecule has 0 heterocycles. The first-order valence-electron chi connectivity index (χ1n) is 6.06. The minimum atomic E-state index is -0.788. The summed E-state index contributed by atoms with van der Waals surface area (Å²) in [7, 11) is 0. The van der Waals surface area contributed by atoms with Crippen molar-refractivity contribution in [3.05, 3.63) is 29.8 Å². The van der Waals surface area contributed by atoms with Gasteiger partial charge < -0.3 is 10.8 Å². The third-order valence-electron chi connectivity index (χ3n) is 3.35. The van der Waals surface area contributed by atoms with E-state index in [0.29, 0.717) is 11.6 Å². The number of aliphatic carboxylic acids is 1. The van der Waals surface area contributed by atoms with E-state index in [9.17, 15) is 9.90 Å². The first-order chi connectivity index (χ1) is 7.99. The molecule has 0 spiro atoms. The molecule has 0 radical (unpaired) electrons. The van der Waals surface area contributed by atoms with Crippen LogP contribution in [0.2, 0.25) is 0 Å². The fourth-order valence-electron chi connectivity index (χ4n) is 2.43. The van der Waals surface area contributed by atoms with Gasteiger partial charge in [0.05, 0.1) is 5.92 Å². The van der Waals surface area contributed by atoms with Gasteiger partial charge in [0.25, 0.3) is 0 Å². The molecule has 0 bridgehead atoms. The van der Waals surface area contributed by atoms with Crippen LogP contribution in [0.25, 0.3) is 0 Å². The Kier molecular flexibility index (Phi) is 4.55. The summed E-state index contributed by atoms with van der Waals surface area (Å²) in [5.74, 6) is -0.873. The number of hydrogen-bond donors (Lipinski definition) is 2. The van der Waals surface area contributed by atoms with Crippen LogP contribution in [0.4, 0.5) is 5.69 Å². The lowest BCUT2D eigenvalue weighted by Crippen LogP contribution is -2.25. The maximum atomic E-state index is 11.5. The number of hydrogen-bond acceptors (Lipinski definition) is 2. The van der Waals surface area contributed by atoms with E-state index in [-0.39, 0.29) is 5.92 Å². The second kappa shape index (κ2) is 5.71. The number of para-hydroxylation sites is 1. The fourth-order valence-corrected chi connectivity index (χ4v) is 2.43. The van der Waals surface area contributed by atoms with E-state index < -0.39 is 11.9 Å². The van der Waals surface area contributed by atoms with Crippen molar-refractivity contribution in [3.8, 4) is 0 Å². The molecule has 0 saturated heterocycles. The number of rotatable bonds is 5. The standard InChI is InChI=1S/C14H21NO2/c1-4-10(9(2)3)13(14(16)17)11-7-5-6-8-12(11)15/h5-10,13H,4,15H2,1-3H3,(H,16,17). The summed E-state index contributed by atoms with van der Waals surface area (Å²) in [5.41, 5.74) is 7.19. The number of nitrogen functional groups attached to an aromatic ring is 1. The highest BCUT2D eigenvalue weighted by Gasteiger charge is 2.31. The number of carboxylic acid groups (broad SMARTS) is 1. The number of anilines is 1. The number of benzene rings is 1. The van der Waals surface area contributed by atoms with E-state index in [1.54, 1.807) is 6.07 Å². The normalized spacial score (nSPS) is 14.6. The molecule has 0 fully saturated rings. The molecule has 1 aromatic rings. The zero-order valence-corrected chi connectivity index (χ0v) is 10.7.